The van der Waals surface area contributed by atoms with Gasteiger partial charge in [0.1, 0.15) is 0 Å². The molecule has 1 aliphatic rings. The molecule has 4 nitrogen and oxygen atoms in total. The van der Waals surface area contributed by atoms with Crippen molar-refractivity contribution in [1.82, 2.24) is 5.32 Å². The smallest absolute Gasteiger partial charge is 0.264 e. The van der Waals surface area contributed by atoms with E-state index in [0.717, 1.165) is 29.0 Å². The largest absolute Gasteiger partial charge is 0.350 e. The molecule has 0 aliphatic carbocycles. The van der Waals surface area contributed by atoms with Gasteiger partial charge in [-0.2, -0.15) is 0 Å². The van der Waals surface area contributed by atoms with Crippen LogP contribution in [0.2, 0.25) is 5.02 Å². The number of hydrogen-bond donors (Lipinski definition) is 1. The molecule has 6 heteroatoms. The average molecular weight is 477 g/mol. The number of benzene rings is 3. The van der Waals surface area contributed by atoms with Crippen LogP contribution < -0.4 is 10.2 Å². The summed E-state index contributed by atoms with van der Waals surface area (Å²) in [5, 5.41) is 3.67. The molecule has 0 aromatic heterocycles. The van der Waals surface area contributed by atoms with Crippen molar-refractivity contribution in [3.05, 3.63) is 99.4 Å². The summed E-state index contributed by atoms with van der Waals surface area (Å²) in [6, 6.07) is 23.2. The number of nitrogens with one attached hydrogen (secondary N) is 1. The van der Waals surface area contributed by atoms with E-state index in [1.165, 1.54) is 17.3 Å². The third kappa shape index (κ3) is 5.49. The molecular weight excluding hydrogens is 452 g/mol. The SMILES string of the molecule is CC(CCc1ccccc1)NC(=O)c1ccc2c(c1)N(C)C(=O)C(=Cc1ccccc1Cl)S2. The monoisotopic (exact) mass is 476 g/mol. The third-order valence-corrected chi connectivity index (χ3v) is 7.02. The summed E-state index contributed by atoms with van der Waals surface area (Å²) in [7, 11) is 1.73. The van der Waals surface area contributed by atoms with Crippen molar-refractivity contribution in [2.75, 3.05) is 11.9 Å². The van der Waals surface area contributed by atoms with E-state index in [1.807, 2.05) is 61.5 Å². The predicted molar refractivity (Wildman–Crippen MR) is 137 cm³/mol. The summed E-state index contributed by atoms with van der Waals surface area (Å²) < 4.78 is 0. The van der Waals surface area contributed by atoms with Crippen LogP contribution in [0, 0.1) is 0 Å². The number of nitrogens with zero attached hydrogens (tertiary/aromatic N) is 1. The number of carbonyl (C=O) groups is 2. The van der Waals surface area contributed by atoms with Crippen molar-refractivity contribution in [2.45, 2.75) is 30.7 Å². The van der Waals surface area contributed by atoms with Gasteiger partial charge in [-0.05, 0) is 61.2 Å². The lowest BCUT2D eigenvalue weighted by atomic mass is 10.1. The number of likely N-dealkylation sites (N-methyl/N-ethyl adjacent to an activating group) is 1. The van der Waals surface area contributed by atoms with E-state index in [2.05, 4.69) is 17.4 Å². The zero-order valence-corrected chi connectivity index (χ0v) is 20.1. The van der Waals surface area contributed by atoms with Crippen LogP contribution >= 0.6 is 23.4 Å². The topological polar surface area (TPSA) is 49.4 Å². The van der Waals surface area contributed by atoms with Crippen molar-refractivity contribution in [2.24, 2.45) is 0 Å². The molecule has 1 unspecified atom stereocenters. The van der Waals surface area contributed by atoms with Gasteiger partial charge in [0.15, 0.2) is 0 Å². The molecule has 4 rings (SSSR count). The third-order valence-electron chi connectivity index (χ3n) is 5.60. The first-order valence-electron chi connectivity index (χ1n) is 10.8. The molecule has 1 heterocycles. The molecule has 0 fully saturated rings. The lowest BCUT2D eigenvalue weighted by Gasteiger charge is -2.27. The molecular formula is C27H25ClN2O2S. The second-order valence-corrected chi connectivity index (χ2v) is 9.57. The van der Waals surface area contributed by atoms with Gasteiger partial charge in [0, 0.05) is 28.6 Å². The fourth-order valence-electron chi connectivity index (χ4n) is 3.68. The van der Waals surface area contributed by atoms with Gasteiger partial charge in [0.25, 0.3) is 11.8 Å². The number of hydrogen-bond acceptors (Lipinski definition) is 3. The van der Waals surface area contributed by atoms with Gasteiger partial charge >= 0.3 is 0 Å². The summed E-state index contributed by atoms with van der Waals surface area (Å²) in [6.45, 7) is 2.01. The van der Waals surface area contributed by atoms with Crippen molar-refractivity contribution >= 4 is 46.9 Å². The maximum atomic E-state index is 13.0. The standard InChI is InChI=1S/C27H25ClN2O2S/c1-18(12-13-19-8-4-3-5-9-19)29-26(31)21-14-15-24-23(16-21)30(2)27(32)25(33-24)17-20-10-6-7-11-22(20)28/h3-11,14-18H,12-13H2,1-2H3,(H,29,31). The van der Waals surface area contributed by atoms with E-state index >= 15 is 0 Å². The Morgan fingerprint density at radius 1 is 1.09 bits per heavy atom. The van der Waals surface area contributed by atoms with Crippen LogP contribution in [0.5, 0.6) is 0 Å². The Bertz CT molecular complexity index is 1210. The van der Waals surface area contributed by atoms with Gasteiger partial charge in [-0.1, -0.05) is 71.9 Å². The highest BCUT2D eigenvalue weighted by Gasteiger charge is 2.27. The highest BCUT2D eigenvalue weighted by molar-refractivity contribution is 8.04. The molecule has 3 aromatic carbocycles. The van der Waals surface area contributed by atoms with Gasteiger partial charge in [-0.25, -0.2) is 0 Å². The van der Waals surface area contributed by atoms with Crippen molar-refractivity contribution in [1.29, 1.82) is 0 Å². The fourth-order valence-corrected chi connectivity index (χ4v) is 4.95. The van der Waals surface area contributed by atoms with Gasteiger partial charge in [0.05, 0.1) is 10.6 Å². The Morgan fingerprint density at radius 3 is 2.58 bits per heavy atom. The summed E-state index contributed by atoms with van der Waals surface area (Å²) in [5.74, 6) is -0.261. The Morgan fingerprint density at radius 2 is 1.82 bits per heavy atom. The molecule has 168 valence electrons. The number of carbonyl (C=O) groups excluding carboxylic acids is 2. The van der Waals surface area contributed by atoms with Crippen molar-refractivity contribution in [3.8, 4) is 0 Å². The number of aryl methyl sites for hydroxylation is 1. The zero-order chi connectivity index (χ0) is 23.4. The first kappa shape index (κ1) is 23.1. The second kappa shape index (κ2) is 10.3. The molecule has 3 aromatic rings. The zero-order valence-electron chi connectivity index (χ0n) is 18.5. The van der Waals surface area contributed by atoms with Crippen LogP contribution in [-0.2, 0) is 11.2 Å². The van der Waals surface area contributed by atoms with Gasteiger partial charge < -0.3 is 10.2 Å². The Labute approximate surface area is 203 Å². The Hall–Kier alpha value is -3.02. The van der Waals surface area contributed by atoms with Crippen LogP contribution in [0.3, 0.4) is 0 Å². The maximum Gasteiger partial charge on any atom is 0.264 e. The number of amides is 2. The molecule has 0 saturated heterocycles. The molecule has 33 heavy (non-hydrogen) atoms. The summed E-state index contributed by atoms with van der Waals surface area (Å²) in [4.78, 5) is 28.9. The highest BCUT2D eigenvalue weighted by atomic mass is 35.5. The molecule has 0 saturated carbocycles. The van der Waals surface area contributed by atoms with Gasteiger partial charge in [-0.3, -0.25) is 9.59 Å². The molecule has 1 N–H and O–H groups in total. The summed E-state index contributed by atoms with van der Waals surface area (Å²) >= 11 is 7.65. The number of thioether (sulfide) groups is 1. The van der Waals surface area contributed by atoms with Crippen LogP contribution in [0.4, 0.5) is 5.69 Å². The fraction of sp³-hybridized carbons (Fsp3) is 0.185. The average Bonchev–Trinajstić information content (AvgIpc) is 2.83. The van der Waals surface area contributed by atoms with Crippen LogP contribution in [0.1, 0.15) is 34.8 Å². The van der Waals surface area contributed by atoms with E-state index in [1.54, 1.807) is 24.1 Å². The van der Waals surface area contributed by atoms with E-state index < -0.39 is 0 Å². The lowest BCUT2D eigenvalue weighted by Crippen LogP contribution is -2.34. The van der Waals surface area contributed by atoms with Gasteiger partial charge in [0.2, 0.25) is 0 Å². The molecule has 0 spiro atoms. The second-order valence-electron chi connectivity index (χ2n) is 8.08. The van der Waals surface area contributed by atoms with E-state index in [-0.39, 0.29) is 17.9 Å². The van der Waals surface area contributed by atoms with Crippen LogP contribution in [0.25, 0.3) is 6.08 Å². The molecule has 0 bridgehead atoms. The Balaban J connectivity index is 1.46. The van der Waals surface area contributed by atoms with Crippen LogP contribution in [-0.4, -0.2) is 24.9 Å². The molecule has 0 radical (unpaired) electrons. The first-order chi connectivity index (χ1) is 15.9. The molecule has 1 aliphatic heterocycles. The van der Waals surface area contributed by atoms with Crippen molar-refractivity contribution in [3.63, 3.8) is 0 Å². The van der Waals surface area contributed by atoms with Crippen molar-refractivity contribution < 1.29 is 9.59 Å². The highest BCUT2D eigenvalue weighted by Crippen LogP contribution is 2.42. The molecule has 2 amide bonds. The van der Waals surface area contributed by atoms with E-state index in [4.69, 9.17) is 11.6 Å². The summed E-state index contributed by atoms with van der Waals surface area (Å²) in [5.41, 5.74) is 3.32. The number of halogens is 1. The van der Waals surface area contributed by atoms with E-state index in [9.17, 15) is 9.59 Å². The number of fused-ring (bicyclic) bond motifs is 1. The Kier molecular flexibility index (Phi) is 7.21. The lowest BCUT2D eigenvalue weighted by molar-refractivity contribution is -0.114. The van der Waals surface area contributed by atoms with Crippen LogP contribution in [0.15, 0.2) is 82.6 Å². The summed E-state index contributed by atoms with van der Waals surface area (Å²) in [6.07, 6.45) is 3.57. The normalized spacial score (nSPS) is 15.3. The minimum absolute atomic E-state index is 0.0348. The molecule has 1 atom stereocenters. The quantitative estimate of drug-likeness (QED) is 0.431. The van der Waals surface area contributed by atoms with Gasteiger partial charge in [-0.15, -0.1) is 0 Å². The maximum absolute atomic E-state index is 13.0. The number of anilines is 1. The minimum atomic E-state index is -0.137. The number of rotatable bonds is 6. The van der Waals surface area contributed by atoms with E-state index in [0.29, 0.717) is 15.5 Å². The first-order valence-corrected chi connectivity index (χ1v) is 12.0. The predicted octanol–water partition coefficient (Wildman–Crippen LogP) is 6.20. The minimum Gasteiger partial charge on any atom is -0.350 e.